The molecule has 5 heteroatoms. The predicted octanol–water partition coefficient (Wildman–Crippen LogP) is 2.27. The molecule has 2 saturated heterocycles. The molecule has 0 aliphatic carbocycles. The third-order valence-corrected chi connectivity index (χ3v) is 7.12. The van der Waals surface area contributed by atoms with E-state index < -0.39 is 0 Å². The van der Waals surface area contributed by atoms with E-state index in [1.54, 1.807) is 7.11 Å². The van der Waals surface area contributed by atoms with Gasteiger partial charge in [0.25, 0.3) is 5.91 Å². The minimum absolute atomic E-state index is 0.0451. The average Bonchev–Trinajstić information content (AvgIpc) is 2.84. The van der Waals surface area contributed by atoms with E-state index in [-0.39, 0.29) is 6.04 Å². The molecular formula is C26H36N3O2+. The molecule has 5 nitrogen and oxygen atoms in total. The summed E-state index contributed by atoms with van der Waals surface area (Å²) in [7, 11) is 1.70. The number of anilines is 1. The number of ether oxygens (including phenoxy) is 1. The molecule has 2 aromatic carbocycles. The first kappa shape index (κ1) is 21.7. The number of methoxy groups -OCH3 is 1. The van der Waals surface area contributed by atoms with Crippen molar-refractivity contribution in [3.05, 3.63) is 60.2 Å². The van der Waals surface area contributed by atoms with Crippen LogP contribution in [0.15, 0.2) is 54.6 Å². The van der Waals surface area contributed by atoms with E-state index in [4.69, 9.17) is 4.74 Å². The number of carbonyl (C=O) groups is 1. The summed E-state index contributed by atoms with van der Waals surface area (Å²) in [5.41, 5.74) is 2.65. The summed E-state index contributed by atoms with van der Waals surface area (Å²) in [4.78, 5) is 19.1. The Labute approximate surface area is 186 Å². The standard InChI is InChI=1S/C26H35N3O2/c1-21(27-16-18-28(19-17-27)24-8-10-25(31-2)11-9-24)26(30)29-14-12-23(13-15-29)20-22-6-4-3-5-7-22/h3-11,21,23H,12-20H2,1-2H3/p+1/t21-/m1/s1. The molecule has 0 saturated carbocycles. The number of rotatable bonds is 6. The van der Waals surface area contributed by atoms with E-state index in [1.165, 1.54) is 16.2 Å². The molecule has 1 N–H and O–H groups in total. The van der Waals surface area contributed by atoms with Crippen LogP contribution in [0.3, 0.4) is 0 Å². The summed E-state index contributed by atoms with van der Waals surface area (Å²) in [6.45, 7) is 7.91. The van der Waals surface area contributed by atoms with Crippen LogP contribution in [0.5, 0.6) is 5.75 Å². The van der Waals surface area contributed by atoms with Crippen LogP contribution in [0, 0.1) is 5.92 Å². The first-order chi connectivity index (χ1) is 15.1. The van der Waals surface area contributed by atoms with Crippen LogP contribution in [0.1, 0.15) is 25.3 Å². The number of piperazine rings is 1. The van der Waals surface area contributed by atoms with E-state index in [0.29, 0.717) is 11.8 Å². The SMILES string of the molecule is COc1ccc(N2CC[NH+]([C@H](C)C(=O)N3CCC(Cc4ccccc4)CC3)CC2)cc1. The number of benzene rings is 2. The molecule has 0 unspecified atom stereocenters. The second kappa shape index (κ2) is 10.2. The highest BCUT2D eigenvalue weighted by Crippen LogP contribution is 2.22. The highest BCUT2D eigenvalue weighted by molar-refractivity contribution is 5.80. The van der Waals surface area contributed by atoms with Gasteiger partial charge in [-0.05, 0) is 61.9 Å². The second-order valence-corrected chi connectivity index (χ2v) is 9.02. The number of hydrogen-bond acceptors (Lipinski definition) is 3. The van der Waals surface area contributed by atoms with Gasteiger partial charge in [-0.3, -0.25) is 4.79 Å². The van der Waals surface area contributed by atoms with Crippen LogP contribution in [-0.2, 0) is 11.2 Å². The number of piperidine rings is 1. The van der Waals surface area contributed by atoms with Crippen molar-refractivity contribution in [1.82, 2.24) is 4.90 Å². The van der Waals surface area contributed by atoms with E-state index in [2.05, 4.69) is 59.2 Å². The van der Waals surface area contributed by atoms with Crippen molar-refractivity contribution in [2.24, 2.45) is 5.92 Å². The number of nitrogens with one attached hydrogen (secondary N) is 1. The van der Waals surface area contributed by atoms with Gasteiger partial charge in [0.05, 0.1) is 33.3 Å². The van der Waals surface area contributed by atoms with Crippen molar-refractivity contribution in [3.8, 4) is 5.75 Å². The maximum Gasteiger partial charge on any atom is 0.280 e. The van der Waals surface area contributed by atoms with Gasteiger partial charge in [0.1, 0.15) is 5.75 Å². The van der Waals surface area contributed by atoms with Crippen LogP contribution in [-0.4, -0.2) is 63.2 Å². The fourth-order valence-corrected chi connectivity index (χ4v) is 5.03. The first-order valence-corrected chi connectivity index (χ1v) is 11.7. The zero-order valence-electron chi connectivity index (χ0n) is 18.9. The number of likely N-dealkylation sites (tertiary alicyclic amines) is 1. The molecule has 0 aromatic heterocycles. The molecule has 1 amide bonds. The molecule has 4 rings (SSSR count). The first-order valence-electron chi connectivity index (χ1n) is 11.7. The monoisotopic (exact) mass is 422 g/mol. The largest absolute Gasteiger partial charge is 0.497 e. The molecule has 166 valence electrons. The Balaban J connectivity index is 1.23. The summed E-state index contributed by atoms with van der Waals surface area (Å²) < 4.78 is 5.26. The molecular weight excluding hydrogens is 386 g/mol. The lowest BCUT2D eigenvalue weighted by Crippen LogP contribution is -3.19. The summed E-state index contributed by atoms with van der Waals surface area (Å²) in [6.07, 6.45) is 3.37. The smallest absolute Gasteiger partial charge is 0.280 e. The van der Waals surface area contributed by atoms with Crippen molar-refractivity contribution >= 4 is 11.6 Å². The van der Waals surface area contributed by atoms with Crippen molar-refractivity contribution in [1.29, 1.82) is 0 Å². The maximum absolute atomic E-state index is 13.2. The third-order valence-electron chi connectivity index (χ3n) is 7.12. The minimum Gasteiger partial charge on any atom is -0.497 e. The van der Waals surface area contributed by atoms with Crippen molar-refractivity contribution in [2.45, 2.75) is 32.2 Å². The van der Waals surface area contributed by atoms with Gasteiger partial charge < -0.3 is 19.4 Å². The molecule has 1 atom stereocenters. The fourth-order valence-electron chi connectivity index (χ4n) is 5.03. The molecule has 31 heavy (non-hydrogen) atoms. The number of carbonyl (C=O) groups excluding carboxylic acids is 1. The van der Waals surface area contributed by atoms with E-state index in [0.717, 1.165) is 64.3 Å². The third kappa shape index (κ3) is 5.40. The number of hydrogen-bond donors (Lipinski definition) is 1. The summed E-state index contributed by atoms with van der Waals surface area (Å²) >= 11 is 0. The Morgan fingerprint density at radius 2 is 1.65 bits per heavy atom. The Morgan fingerprint density at radius 3 is 2.26 bits per heavy atom. The zero-order valence-corrected chi connectivity index (χ0v) is 18.9. The van der Waals surface area contributed by atoms with Gasteiger partial charge in [-0.25, -0.2) is 0 Å². The molecule has 2 aliphatic rings. The zero-order chi connectivity index (χ0) is 21.6. The molecule has 2 fully saturated rings. The Bertz CT molecular complexity index is 823. The lowest BCUT2D eigenvalue weighted by molar-refractivity contribution is -0.915. The van der Waals surface area contributed by atoms with Gasteiger partial charge in [-0.15, -0.1) is 0 Å². The molecule has 2 aliphatic heterocycles. The topological polar surface area (TPSA) is 37.2 Å². The lowest BCUT2D eigenvalue weighted by Gasteiger charge is -2.39. The van der Waals surface area contributed by atoms with Crippen LogP contribution < -0.4 is 14.5 Å². The molecule has 2 aromatic rings. The van der Waals surface area contributed by atoms with Gasteiger partial charge in [0.15, 0.2) is 6.04 Å². The van der Waals surface area contributed by atoms with Crippen LogP contribution >= 0.6 is 0 Å². The molecule has 0 radical (unpaired) electrons. The Morgan fingerprint density at radius 1 is 1.00 bits per heavy atom. The van der Waals surface area contributed by atoms with Crippen LogP contribution in [0.2, 0.25) is 0 Å². The highest BCUT2D eigenvalue weighted by atomic mass is 16.5. The Kier molecular flexibility index (Phi) is 7.13. The maximum atomic E-state index is 13.2. The Hall–Kier alpha value is -2.53. The summed E-state index contributed by atoms with van der Waals surface area (Å²) in [5, 5.41) is 0. The van der Waals surface area contributed by atoms with Gasteiger partial charge >= 0.3 is 0 Å². The lowest BCUT2D eigenvalue weighted by atomic mass is 9.90. The molecule has 0 spiro atoms. The summed E-state index contributed by atoms with van der Waals surface area (Å²) in [5.74, 6) is 1.92. The normalized spacial score (nSPS) is 19.3. The number of amides is 1. The van der Waals surface area contributed by atoms with E-state index in [1.807, 2.05) is 12.1 Å². The predicted molar refractivity (Wildman–Crippen MR) is 125 cm³/mol. The van der Waals surface area contributed by atoms with Crippen molar-refractivity contribution in [2.75, 3.05) is 51.3 Å². The van der Waals surface area contributed by atoms with Gasteiger partial charge in [-0.2, -0.15) is 0 Å². The number of nitrogens with zero attached hydrogens (tertiary/aromatic N) is 2. The molecule has 2 heterocycles. The fraction of sp³-hybridized carbons (Fsp3) is 0.500. The summed E-state index contributed by atoms with van der Waals surface area (Å²) in [6, 6.07) is 19.1. The van der Waals surface area contributed by atoms with Crippen LogP contribution in [0.4, 0.5) is 5.69 Å². The second-order valence-electron chi connectivity index (χ2n) is 9.02. The van der Waals surface area contributed by atoms with E-state index >= 15 is 0 Å². The van der Waals surface area contributed by atoms with Crippen molar-refractivity contribution < 1.29 is 14.4 Å². The highest BCUT2D eigenvalue weighted by Gasteiger charge is 2.33. The van der Waals surface area contributed by atoms with Gasteiger partial charge in [-0.1, -0.05) is 30.3 Å². The molecule has 0 bridgehead atoms. The minimum atomic E-state index is 0.0451. The van der Waals surface area contributed by atoms with Crippen molar-refractivity contribution in [3.63, 3.8) is 0 Å². The van der Waals surface area contributed by atoms with Gasteiger partial charge in [0.2, 0.25) is 0 Å². The quantitative estimate of drug-likeness (QED) is 0.776. The van der Waals surface area contributed by atoms with Crippen LogP contribution in [0.25, 0.3) is 0 Å². The average molecular weight is 423 g/mol. The van der Waals surface area contributed by atoms with E-state index in [9.17, 15) is 4.79 Å². The van der Waals surface area contributed by atoms with Gasteiger partial charge in [0, 0.05) is 18.8 Å². The number of quaternary nitrogens is 1.